The van der Waals surface area contributed by atoms with Crippen LogP contribution in [0.3, 0.4) is 0 Å². The molecule has 104 valence electrons. The molecular weight excluding hydrogens is 260 g/mol. The second-order valence-corrected chi connectivity index (χ2v) is 5.90. The number of carbonyl (C=O) groups excluding carboxylic acids is 1. The smallest absolute Gasteiger partial charge is 0.220 e. The molecule has 0 bridgehead atoms. The zero-order chi connectivity index (χ0) is 13.7. The lowest BCUT2D eigenvalue weighted by Crippen LogP contribution is -2.42. The van der Waals surface area contributed by atoms with Crippen LogP contribution < -0.4 is 11.1 Å². The minimum Gasteiger partial charge on any atom is -0.356 e. The van der Waals surface area contributed by atoms with Gasteiger partial charge in [0.25, 0.3) is 0 Å². The predicted octanol–water partition coefficient (Wildman–Crippen LogP) is 2.52. The number of halogens is 1. The Labute approximate surface area is 119 Å². The molecule has 19 heavy (non-hydrogen) atoms. The van der Waals surface area contributed by atoms with Gasteiger partial charge in [0.15, 0.2) is 0 Å². The molecule has 0 unspecified atom stereocenters. The summed E-state index contributed by atoms with van der Waals surface area (Å²) >= 11 is 5.83. The van der Waals surface area contributed by atoms with Crippen molar-refractivity contribution in [2.24, 2.45) is 11.1 Å². The van der Waals surface area contributed by atoms with Crippen molar-refractivity contribution in [1.82, 2.24) is 5.32 Å². The highest BCUT2D eigenvalue weighted by molar-refractivity contribution is 6.30. The summed E-state index contributed by atoms with van der Waals surface area (Å²) in [7, 11) is 0. The van der Waals surface area contributed by atoms with Gasteiger partial charge in [0.2, 0.25) is 5.91 Å². The molecule has 1 aromatic carbocycles. The van der Waals surface area contributed by atoms with Gasteiger partial charge in [-0.2, -0.15) is 0 Å². The van der Waals surface area contributed by atoms with Crippen molar-refractivity contribution in [3.8, 4) is 0 Å². The second-order valence-electron chi connectivity index (χ2n) is 5.46. The van der Waals surface area contributed by atoms with Crippen molar-refractivity contribution in [3.05, 3.63) is 34.9 Å². The third kappa shape index (κ3) is 3.95. The van der Waals surface area contributed by atoms with Crippen molar-refractivity contribution in [1.29, 1.82) is 0 Å². The van der Waals surface area contributed by atoms with Crippen molar-refractivity contribution in [2.45, 2.75) is 32.1 Å². The molecular formula is C15H21ClN2O. The predicted molar refractivity (Wildman–Crippen MR) is 78.1 cm³/mol. The molecule has 0 saturated heterocycles. The zero-order valence-corrected chi connectivity index (χ0v) is 11.9. The summed E-state index contributed by atoms with van der Waals surface area (Å²) < 4.78 is 0. The first-order valence-corrected chi connectivity index (χ1v) is 7.23. The van der Waals surface area contributed by atoms with Gasteiger partial charge in [-0.25, -0.2) is 0 Å². The van der Waals surface area contributed by atoms with Crippen LogP contribution in [0.15, 0.2) is 24.3 Å². The maximum absolute atomic E-state index is 11.9. The Balaban J connectivity index is 1.70. The summed E-state index contributed by atoms with van der Waals surface area (Å²) in [6.07, 6.45) is 4.79. The molecule has 1 amide bonds. The standard InChI is InChI=1S/C15H21ClN2O/c16-13-4-2-12(3-5-13)6-9-18-14(19)10-15(11-17)7-1-8-15/h2-5H,1,6-11,17H2,(H,18,19). The Morgan fingerprint density at radius 2 is 2.00 bits per heavy atom. The Morgan fingerprint density at radius 3 is 2.53 bits per heavy atom. The molecule has 4 heteroatoms. The summed E-state index contributed by atoms with van der Waals surface area (Å²) in [4.78, 5) is 11.9. The number of carbonyl (C=O) groups is 1. The molecule has 1 fully saturated rings. The van der Waals surface area contributed by atoms with Crippen LogP contribution in [0.2, 0.25) is 5.02 Å². The third-order valence-corrected chi connectivity index (χ3v) is 4.28. The molecule has 1 saturated carbocycles. The lowest BCUT2D eigenvalue weighted by atomic mass is 9.66. The molecule has 1 aliphatic rings. The van der Waals surface area contributed by atoms with Crippen molar-refractivity contribution >= 4 is 17.5 Å². The molecule has 1 aromatic rings. The van der Waals surface area contributed by atoms with E-state index in [1.807, 2.05) is 24.3 Å². The average molecular weight is 281 g/mol. The van der Waals surface area contributed by atoms with Gasteiger partial charge in [-0.15, -0.1) is 0 Å². The van der Waals surface area contributed by atoms with Crippen LogP contribution in [0, 0.1) is 5.41 Å². The van der Waals surface area contributed by atoms with Gasteiger partial charge in [-0.3, -0.25) is 4.79 Å². The largest absolute Gasteiger partial charge is 0.356 e. The van der Waals surface area contributed by atoms with Crippen LogP contribution in [-0.4, -0.2) is 19.0 Å². The number of nitrogens with one attached hydrogen (secondary N) is 1. The van der Waals surface area contributed by atoms with E-state index in [1.54, 1.807) is 0 Å². The van der Waals surface area contributed by atoms with Crippen LogP contribution in [0.1, 0.15) is 31.2 Å². The monoisotopic (exact) mass is 280 g/mol. The number of hydrogen-bond acceptors (Lipinski definition) is 2. The summed E-state index contributed by atoms with van der Waals surface area (Å²) in [5, 5.41) is 3.72. The van der Waals surface area contributed by atoms with Gasteiger partial charge in [-0.1, -0.05) is 30.2 Å². The first kappa shape index (κ1) is 14.4. The molecule has 0 heterocycles. The lowest BCUT2D eigenvalue weighted by molar-refractivity contribution is -0.124. The van der Waals surface area contributed by atoms with Crippen molar-refractivity contribution in [2.75, 3.05) is 13.1 Å². The van der Waals surface area contributed by atoms with Crippen LogP contribution >= 0.6 is 11.6 Å². The van der Waals surface area contributed by atoms with E-state index in [-0.39, 0.29) is 11.3 Å². The SMILES string of the molecule is NCC1(CC(=O)NCCc2ccc(Cl)cc2)CCC1. The van der Waals surface area contributed by atoms with E-state index >= 15 is 0 Å². The minimum absolute atomic E-state index is 0.0877. The van der Waals surface area contributed by atoms with Gasteiger partial charge < -0.3 is 11.1 Å². The molecule has 0 spiro atoms. The highest BCUT2D eigenvalue weighted by atomic mass is 35.5. The highest BCUT2D eigenvalue weighted by Gasteiger charge is 2.37. The Bertz CT molecular complexity index is 421. The van der Waals surface area contributed by atoms with Crippen LogP contribution in [0.4, 0.5) is 0 Å². The number of benzene rings is 1. The first-order valence-electron chi connectivity index (χ1n) is 6.85. The summed E-state index contributed by atoms with van der Waals surface area (Å²) in [5.41, 5.74) is 7.03. The topological polar surface area (TPSA) is 55.1 Å². The van der Waals surface area contributed by atoms with E-state index in [4.69, 9.17) is 17.3 Å². The molecule has 0 aromatic heterocycles. The van der Waals surface area contributed by atoms with Crippen molar-refractivity contribution < 1.29 is 4.79 Å². The van der Waals surface area contributed by atoms with Crippen LogP contribution in [-0.2, 0) is 11.2 Å². The third-order valence-electron chi connectivity index (χ3n) is 4.03. The van der Waals surface area contributed by atoms with Gasteiger partial charge in [0.1, 0.15) is 0 Å². The average Bonchev–Trinajstić information content (AvgIpc) is 2.36. The van der Waals surface area contributed by atoms with Gasteiger partial charge in [0.05, 0.1) is 0 Å². The van der Waals surface area contributed by atoms with Gasteiger partial charge >= 0.3 is 0 Å². The second kappa shape index (κ2) is 6.40. The van der Waals surface area contributed by atoms with Crippen LogP contribution in [0.5, 0.6) is 0 Å². The van der Waals surface area contributed by atoms with Crippen molar-refractivity contribution in [3.63, 3.8) is 0 Å². The Kier molecular flexibility index (Phi) is 4.83. The fourth-order valence-corrected chi connectivity index (χ4v) is 2.66. The van der Waals surface area contributed by atoms with E-state index < -0.39 is 0 Å². The fraction of sp³-hybridized carbons (Fsp3) is 0.533. The number of nitrogens with two attached hydrogens (primary N) is 1. The highest BCUT2D eigenvalue weighted by Crippen LogP contribution is 2.42. The van der Waals surface area contributed by atoms with E-state index in [0.29, 0.717) is 19.5 Å². The summed E-state index contributed by atoms with van der Waals surface area (Å²) in [5.74, 6) is 0.124. The molecule has 2 rings (SSSR count). The lowest BCUT2D eigenvalue weighted by Gasteiger charge is -2.40. The fourth-order valence-electron chi connectivity index (χ4n) is 2.53. The number of amides is 1. The summed E-state index contributed by atoms with van der Waals surface area (Å²) in [6, 6.07) is 7.72. The van der Waals surface area contributed by atoms with Gasteiger partial charge in [0, 0.05) is 18.0 Å². The normalized spacial score (nSPS) is 16.7. The molecule has 3 nitrogen and oxygen atoms in total. The Hall–Kier alpha value is -1.06. The Morgan fingerprint density at radius 1 is 1.32 bits per heavy atom. The van der Waals surface area contributed by atoms with Crippen LogP contribution in [0.25, 0.3) is 0 Å². The molecule has 0 aliphatic heterocycles. The molecule has 3 N–H and O–H groups in total. The van der Waals surface area contributed by atoms with E-state index in [2.05, 4.69) is 5.32 Å². The van der Waals surface area contributed by atoms with E-state index in [9.17, 15) is 4.79 Å². The molecule has 0 radical (unpaired) electrons. The zero-order valence-electron chi connectivity index (χ0n) is 11.1. The first-order chi connectivity index (χ1) is 9.13. The molecule has 1 aliphatic carbocycles. The molecule has 0 atom stereocenters. The number of hydrogen-bond donors (Lipinski definition) is 2. The maximum Gasteiger partial charge on any atom is 0.220 e. The minimum atomic E-state index is 0.0877. The summed E-state index contributed by atoms with van der Waals surface area (Å²) in [6.45, 7) is 1.29. The van der Waals surface area contributed by atoms with E-state index in [1.165, 1.54) is 12.0 Å². The van der Waals surface area contributed by atoms with E-state index in [0.717, 1.165) is 24.3 Å². The van der Waals surface area contributed by atoms with Gasteiger partial charge in [-0.05, 0) is 48.9 Å². The number of rotatable bonds is 6. The quantitative estimate of drug-likeness (QED) is 0.841. The maximum atomic E-state index is 11.9.